The molecule has 0 aliphatic heterocycles. The fourth-order valence-corrected chi connectivity index (χ4v) is 2.32. The molecule has 0 saturated carbocycles. The highest BCUT2D eigenvalue weighted by atomic mass is 79.9. The van der Waals surface area contributed by atoms with Crippen molar-refractivity contribution in [1.29, 1.82) is 0 Å². The van der Waals surface area contributed by atoms with E-state index in [0.717, 1.165) is 16.6 Å². The summed E-state index contributed by atoms with van der Waals surface area (Å²) < 4.78 is 0. The Morgan fingerprint density at radius 2 is 1.75 bits per heavy atom. The monoisotopic (exact) mass is 242 g/mol. The fourth-order valence-electron chi connectivity index (χ4n) is 0.604. The lowest BCUT2D eigenvalue weighted by atomic mass is 10.1. The zero-order chi connectivity index (χ0) is 6.41. The van der Waals surface area contributed by atoms with Crippen molar-refractivity contribution >= 4 is 31.9 Å². The van der Waals surface area contributed by atoms with Crippen LogP contribution in [0.3, 0.4) is 0 Å². The highest BCUT2D eigenvalue weighted by Gasteiger charge is 2.01. The van der Waals surface area contributed by atoms with Crippen LogP contribution >= 0.6 is 31.9 Å². The first-order chi connectivity index (χ1) is 3.85. The number of alkyl halides is 2. The van der Waals surface area contributed by atoms with E-state index < -0.39 is 0 Å². The molecule has 0 aliphatic rings. The maximum absolute atomic E-state index is 3.45. The molecule has 0 heterocycles. The van der Waals surface area contributed by atoms with Gasteiger partial charge in [0.15, 0.2) is 0 Å². The van der Waals surface area contributed by atoms with E-state index in [2.05, 4.69) is 38.8 Å². The lowest BCUT2D eigenvalue weighted by molar-refractivity contribution is 0.601. The van der Waals surface area contributed by atoms with Gasteiger partial charge < -0.3 is 0 Å². The summed E-state index contributed by atoms with van der Waals surface area (Å²) in [5.74, 6) is 0.833. The Bertz CT molecular complexity index is 41.8. The van der Waals surface area contributed by atoms with Crippen LogP contribution in [0, 0.1) is 5.92 Å². The van der Waals surface area contributed by atoms with Crippen molar-refractivity contribution in [3.63, 3.8) is 0 Å². The minimum absolute atomic E-state index is 0.833. The molecule has 0 aliphatic carbocycles. The first-order valence-electron chi connectivity index (χ1n) is 2.97. The molecule has 0 rings (SSSR count). The lowest BCUT2D eigenvalue weighted by Crippen LogP contribution is -2.01. The smallest absolute Gasteiger partial charge is 0.00676 e. The Balaban J connectivity index is 3.07. The molecule has 0 fully saturated rings. The van der Waals surface area contributed by atoms with Gasteiger partial charge in [-0.05, 0) is 12.3 Å². The summed E-state index contributed by atoms with van der Waals surface area (Å²) in [5, 5.41) is 2.26. The SMILES string of the molecule is CCCC(CBr)CBr. The van der Waals surface area contributed by atoms with Crippen molar-refractivity contribution in [2.24, 2.45) is 5.92 Å². The summed E-state index contributed by atoms with van der Waals surface area (Å²) in [6, 6.07) is 0. The molecule has 0 atom stereocenters. The maximum atomic E-state index is 3.45. The van der Waals surface area contributed by atoms with Crippen molar-refractivity contribution < 1.29 is 0 Å². The summed E-state index contributed by atoms with van der Waals surface area (Å²) in [5.41, 5.74) is 0. The van der Waals surface area contributed by atoms with Crippen molar-refractivity contribution in [3.05, 3.63) is 0 Å². The van der Waals surface area contributed by atoms with Crippen molar-refractivity contribution in [2.45, 2.75) is 19.8 Å². The second kappa shape index (κ2) is 6.09. The molecule has 0 amide bonds. The van der Waals surface area contributed by atoms with Gasteiger partial charge >= 0.3 is 0 Å². The Labute approximate surface area is 68.3 Å². The highest BCUT2D eigenvalue weighted by molar-refractivity contribution is 9.09. The first kappa shape index (κ1) is 8.96. The Hall–Kier alpha value is 0.960. The van der Waals surface area contributed by atoms with Crippen LogP contribution in [0.5, 0.6) is 0 Å². The Morgan fingerprint density at radius 1 is 1.25 bits per heavy atom. The van der Waals surface area contributed by atoms with Crippen LogP contribution in [-0.2, 0) is 0 Å². The van der Waals surface area contributed by atoms with E-state index in [1.165, 1.54) is 12.8 Å². The number of rotatable bonds is 4. The van der Waals surface area contributed by atoms with E-state index in [1.54, 1.807) is 0 Å². The topological polar surface area (TPSA) is 0 Å². The molecule has 0 spiro atoms. The number of hydrogen-bond acceptors (Lipinski definition) is 0. The third-order valence-electron chi connectivity index (χ3n) is 1.13. The summed E-state index contributed by atoms with van der Waals surface area (Å²) in [4.78, 5) is 0. The van der Waals surface area contributed by atoms with Gasteiger partial charge in [-0.2, -0.15) is 0 Å². The third-order valence-corrected chi connectivity index (χ3v) is 2.96. The van der Waals surface area contributed by atoms with Crippen LogP contribution in [0.25, 0.3) is 0 Å². The van der Waals surface area contributed by atoms with Crippen LogP contribution in [-0.4, -0.2) is 10.7 Å². The minimum Gasteiger partial charge on any atom is -0.0925 e. The maximum Gasteiger partial charge on any atom is 0.00676 e. The summed E-state index contributed by atoms with van der Waals surface area (Å²) in [6.07, 6.45) is 2.62. The number of hydrogen-bond donors (Lipinski definition) is 0. The van der Waals surface area contributed by atoms with Gasteiger partial charge in [-0.3, -0.25) is 0 Å². The van der Waals surface area contributed by atoms with E-state index in [4.69, 9.17) is 0 Å². The second-order valence-corrected chi connectivity index (χ2v) is 3.26. The Kier molecular flexibility index (Phi) is 6.82. The fraction of sp³-hybridized carbons (Fsp3) is 1.00. The minimum atomic E-state index is 0.833. The van der Waals surface area contributed by atoms with E-state index >= 15 is 0 Å². The summed E-state index contributed by atoms with van der Waals surface area (Å²) in [6.45, 7) is 2.22. The normalized spacial score (nSPS) is 10.5. The van der Waals surface area contributed by atoms with Crippen LogP contribution in [0.1, 0.15) is 19.8 Å². The average molecular weight is 244 g/mol. The molecule has 50 valence electrons. The van der Waals surface area contributed by atoms with Crippen molar-refractivity contribution in [3.8, 4) is 0 Å². The molecular formula is C6H12Br2. The van der Waals surface area contributed by atoms with Gasteiger partial charge in [0.05, 0.1) is 0 Å². The second-order valence-electron chi connectivity index (χ2n) is 1.96. The molecule has 0 nitrogen and oxygen atoms in total. The van der Waals surface area contributed by atoms with Gasteiger partial charge in [-0.25, -0.2) is 0 Å². The molecule has 0 bridgehead atoms. The quantitative estimate of drug-likeness (QED) is 0.666. The molecule has 8 heavy (non-hydrogen) atoms. The van der Waals surface area contributed by atoms with Gasteiger partial charge in [-0.1, -0.05) is 45.2 Å². The molecule has 0 saturated heterocycles. The van der Waals surface area contributed by atoms with E-state index in [9.17, 15) is 0 Å². The summed E-state index contributed by atoms with van der Waals surface area (Å²) >= 11 is 6.89. The third kappa shape index (κ3) is 3.90. The van der Waals surface area contributed by atoms with Gasteiger partial charge in [0.2, 0.25) is 0 Å². The highest BCUT2D eigenvalue weighted by Crippen LogP contribution is 2.11. The molecule has 0 N–H and O–H groups in total. The van der Waals surface area contributed by atoms with Crippen molar-refractivity contribution in [2.75, 3.05) is 10.7 Å². The number of halogens is 2. The predicted octanol–water partition coefficient (Wildman–Crippen LogP) is 3.19. The van der Waals surface area contributed by atoms with Gasteiger partial charge in [0.1, 0.15) is 0 Å². The molecule has 0 radical (unpaired) electrons. The van der Waals surface area contributed by atoms with Crippen LogP contribution in [0.4, 0.5) is 0 Å². The largest absolute Gasteiger partial charge is 0.0925 e. The molecule has 0 unspecified atom stereocenters. The predicted molar refractivity (Wildman–Crippen MR) is 46.0 cm³/mol. The van der Waals surface area contributed by atoms with E-state index in [1.807, 2.05) is 0 Å². The van der Waals surface area contributed by atoms with Gasteiger partial charge in [0, 0.05) is 10.7 Å². The molecule has 2 heteroatoms. The van der Waals surface area contributed by atoms with Crippen LogP contribution < -0.4 is 0 Å². The Morgan fingerprint density at radius 3 is 1.88 bits per heavy atom. The van der Waals surface area contributed by atoms with E-state index in [-0.39, 0.29) is 0 Å². The van der Waals surface area contributed by atoms with Gasteiger partial charge in [0.25, 0.3) is 0 Å². The van der Waals surface area contributed by atoms with Gasteiger partial charge in [-0.15, -0.1) is 0 Å². The van der Waals surface area contributed by atoms with E-state index in [0.29, 0.717) is 0 Å². The van der Waals surface area contributed by atoms with Crippen molar-refractivity contribution in [1.82, 2.24) is 0 Å². The zero-order valence-corrected chi connectivity index (χ0v) is 8.33. The summed E-state index contributed by atoms with van der Waals surface area (Å²) in [7, 11) is 0. The van der Waals surface area contributed by atoms with Crippen LogP contribution in [0.2, 0.25) is 0 Å². The first-order valence-corrected chi connectivity index (χ1v) is 5.21. The molecule has 0 aromatic heterocycles. The lowest BCUT2D eigenvalue weighted by Gasteiger charge is -2.05. The molecule has 0 aromatic carbocycles. The zero-order valence-electron chi connectivity index (χ0n) is 5.16. The molecular weight excluding hydrogens is 232 g/mol. The van der Waals surface area contributed by atoms with Crippen LogP contribution in [0.15, 0.2) is 0 Å². The average Bonchev–Trinajstić information content (AvgIpc) is 1.83. The standard InChI is InChI=1S/C6H12Br2/c1-2-3-6(4-7)5-8/h6H,2-5H2,1H3. The molecule has 0 aromatic rings.